The molecule has 0 aliphatic rings. The van der Waals surface area contributed by atoms with Crippen molar-refractivity contribution >= 4 is 0 Å². The van der Waals surface area contributed by atoms with Crippen LogP contribution in [0.3, 0.4) is 0 Å². The van der Waals surface area contributed by atoms with Gasteiger partial charge in [0.1, 0.15) is 0 Å². The lowest BCUT2D eigenvalue weighted by Gasteiger charge is -2.08. The van der Waals surface area contributed by atoms with Gasteiger partial charge in [0.15, 0.2) is 0 Å². The standard InChI is InChI=1S/C16H19N5O2/c1-9(15-10(2)19-20-11(15)3)7-14-18-16(21-23-14)12-5-6-17-13(8-12)22-4/h5-6,8-9H,7H2,1-4H3,(H,19,20)/t9-/m0/s1. The highest BCUT2D eigenvalue weighted by Gasteiger charge is 2.18. The second kappa shape index (κ2) is 6.20. The molecule has 0 saturated carbocycles. The molecule has 3 aromatic heterocycles. The van der Waals surface area contributed by atoms with Crippen molar-refractivity contribution in [3.8, 4) is 17.3 Å². The monoisotopic (exact) mass is 313 g/mol. The number of H-pyrrole nitrogens is 1. The summed E-state index contributed by atoms with van der Waals surface area (Å²) in [6.07, 6.45) is 2.32. The normalized spacial score (nSPS) is 12.3. The molecule has 3 aromatic rings. The summed E-state index contributed by atoms with van der Waals surface area (Å²) < 4.78 is 10.5. The number of methoxy groups -OCH3 is 1. The fourth-order valence-corrected chi connectivity index (χ4v) is 2.76. The smallest absolute Gasteiger partial charge is 0.227 e. The molecule has 120 valence electrons. The van der Waals surface area contributed by atoms with Crippen molar-refractivity contribution < 1.29 is 9.26 Å². The topological polar surface area (TPSA) is 89.7 Å². The predicted octanol–water partition coefficient (Wildman–Crippen LogP) is 2.83. The van der Waals surface area contributed by atoms with Gasteiger partial charge in [0.05, 0.1) is 12.8 Å². The van der Waals surface area contributed by atoms with Gasteiger partial charge in [-0.25, -0.2) is 4.98 Å². The van der Waals surface area contributed by atoms with Crippen molar-refractivity contribution in [1.82, 2.24) is 25.3 Å². The zero-order valence-corrected chi connectivity index (χ0v) is 13.6. The second-order valence-corrected chi connectivity index (χ2v) is 5.55. The Hall–Kier alpha value is -2.70. The van der Waals surface area contributed by atoms with Gasteiger partial charge in [0.2, 0.25) is 17.6 Å². The summed E-state index contributed by atoms with van der Waals surface area (Å²) in [4.78, 5) is 8.55. The van der Waals surface area contributed by atoms with Crippen LogP contribution in [-0.2, 0) is 6.42 Å². The van der Waals surface area contributed by atoms with Gasteiger partial charge in [-0.05, 0) is 31.4 Å². The maximum absolute atomic E-state index is 5.39. The van der Waals surface area contributed by atoms with Gasteiger partial charge < -0.3 is 9.26 Å². The number of rotatable bonds is 5. The minimum atomic E-state index is 0.244. The summed E-state index contributed by atoms with van der Waals surface area (Å²) >= 11 is 0. The number of pyridine rings is 1. The molecule has 0 bridgehead atoms. The van der Waals surface area contributed by atoms with Crippen LogP contribution in [0.25, 0.3) is 11.4 Å². The van der Waals surface area contributed by atoms with E-state index in [0.29, 0.717) is 24.0 Å². The number of nitrogens with one attached hydrogen (secondary N) is 1. The molecule has 1 atom stereocenters. The minimum Gasteiger partial charge on any atom is -0.481 e. The number of aryl methyl sites for hydroxylation is 2. The molecule has 0 aliphatic heterocycles. The van der Waals surface area contributed by atoms with Crippen LogP contribution in [0.15, 0.2) is 22.9 Å². The van der Waals surface area contributed by atoms with Gasteiger partial charge in [0, 0.05) is 29.9 Å². The van der Waals surface area contributed by atoms with E-state index in [4.69, 9.17) is 9.26 Å². The van der Waals surface area contributed by atoms with E-state index in [1.54, 1.807) is 19.4 Å². The SMILES string of the molecule is COc1cc(-c2noc(C[C@H](C)c3c(C)n[nH]c3C)n2)ccn1. The van der Waals surface area contributed by atoms with E-state index in [0.717, 1.165) is 17.0 Å². The molecule has 3 rings (SSSR count). The molecule has 0 saturated heterocycles. The van der Waals surface area contributed by atoms with Crippen molar-refractivity contribution in [2.45, 2.75) is 33.1 Å². The summed E-state index contributed by atoms with van der Waals surface area (Å²) in [7, 11) is 1.57. The Kier molecular flexibility index (Phi) is 4.10. The Morgan fingerprint density at radius 1 is 1.35 bits per heavy atom. The average molecular weight is 313 g/mol. The first-order valence-corrected chi connectivity index (χ1v) is 7.43. The number of hydrogen-bond acceptors (Lipinski definition) is 6. The fraction of sp³-hybridized carbons (Fsp3) is 0.375. The zero-order valence-electron chi connectivity index (χ0n) is 13.6. The molecule has 0 fully saturated rings. The summed E-state index contributed by atoms with van der Waals surface area (Å²) in [6.45, 7) is 6.15. The molecule has 0 amide bonds. The summed E-state index contributed by atoms with van der Waals surface area (Å²) in [6, 6.07) is 3.60. The maximum atomic E-state index is 5.39. The first-order chi connectivity index (χ1) is 11.1. The predicted molar refractivity (Wildman–Crippen MR) is 84.3 cm³/mol. The molecule has 0 aliphatic carbocycles. The molecule has 7 nitrogen and oxygen atoms in total. The number of nitrogens with zero attached hydrogens (tertiary/aromatic N) is 4. The van der Waals surface area contributed by atoms with Crippen LogP contribution in [-0.4, -0.2) is 32.4 Å². The van der Waals surface area contributed by atoms with Crippen LogP contribution >= 0.6 is 0 Å². The van der Waals surface area contributed by atoms with Crippen molar-refractivity contribution in [1.29, 1.82) is 0 Å². The number of hydrogen-bond donors (Lipinski definition) is 1. The Morgan fingerprint density at radius 3 is 2.87 bits per heavy atom. The van der Waals surface area contributed by atoms with Gasteiger partial charge in [-0.1, -0.05) is 12.1 Å². The molecular weight excluding hydrogens is 294 g/mol. The van der Waals surface area contributed by atoms with Crippen molar-refractivity contribution in [2.24, 2.45) is 0 Å². The van der Waals surface area contributed by atoms with Crippen molar-refractivity contribution in [2.75, 3.05) is 7.11 Å². The molecule has 23 heavy (non-hydrogen) atoms. The van der Waals surface area contributed by atoms with Crippen molar-refractivity contribution in [3.63, 3.8) is 0 Å². The molecule has 1 N–H and O–H groups in total. The number of ether oxygens (including phenoxy) is 1. The lowest BCUT2D eigenvalue weighted by molar-refractivity contribution is 0.371. The molecule has 7 heteroatoms. The third-order valence-electron chi connectivity index (χ3n) is 3.83. The van der Waals surface area contributed by atoms with Gasteiger partial charge >= 0.3 is 0 Å². The van der Waals surface area contributed by atoms with Crippen LogP contribution in [0.4, 0.5) is 0 Å². The van der Waals surface area contributed by atoms with E-state index in [1.165, 1.54) is 5.56 Å². The Labute approximate surface area is 134 Å². The van der Waals surface area contributed by atoms with Crippen LogP contribution < -0.4 is 4.74 Å². The Morgan fingerprint density at radius 2 is 2.17 bits per heavy atom. The quantitative estimate of drug-likeness (QED) is 0.779. The molecule has 0 unspecified atom stereocenters. The van der Waals surface area contributed by atoms with Crippen LogP contribution in [0.5, 0.6) is 5.88 Å². The van der Waals surface area contributed by atoms with Gasteiger partial charge in [-0.2, -0.15) is 10.1 Å². The third kappa shape index (κ3) is 3.08. The van der Waals surface area contributed by atoms with Crippen molar-refractivity contribution in [3.05, 3.63) is 41.2 Å². The van der Waals surface area contributed by atoms with Crippen LogP contribution in [0.2, 0.25) is 0 Å². The highest BCUT2D eigenvalue weighted by molar-refractivity contribution is 5.55. The lowest BCUT2D eigenvalue weighted by atomic mass is 9.96. The Bertz CT molecular complexity index is 789. The lowest BCUT2D eigenvalue weighted by Crippen LogP contribution is -2.01. The summed E-state index contributed by atoms with van der Waals surface area (Å²) in [5, 5.41) is 11.3. The largest absolute Gasteiger partial charge is 0.481 e. The molecule has 0 radical (unpaired) electrons. The highest BCUT2D eigenvalue weighted by Crippen LogP contribution is 2.26. The number of aromatic amines is 1. The van der Waals surface area contributed by atoms with E-state index in [-0.39, 0.29) is 5.92 Å². The average Bonchev–Trinajstić information content (AvgIpc) is 3.14. The minimum absolute atomic E-state index is 0.244. The number of aromatic nitrogens is 5. The molecule has 0 spiro atoms. The van der Waals surface area contributed by atoms with Gasteiger partial charge in [-0.3, -0.25) is 5.10 Å². The molecule has 0 aromatic carbocycles. The third-order valence-corrected chi connectivity index (χ3v) is 3.83. The van der Waals surface area contributed by atoms with E-state index >= 15 is 0 Å². The zero-order chi connectivity index (χ0) is 16.4. The molecular formula is C16H19N5O2. The van der Waals surface area contributed by atoms with E-state index in [2.05, 4.69) is 32.2 Å². The fourth-order valence-electron chi connectivity index (χ4n) is 2.76. The maximum Gasteiger partial charge on any atom is 0.227 e. The van der Waals surface area contributed by atoms with E-state index in [1.807, 2.05) is 19.9 Å². The summed E-state index contributed by atoms with van der Waals surface area (Å²) in [5.41, 5.74) is 4.10. The van der Waals surface area contributed by atoms with Crippen LogP contribution in [0, 0.1) is 13.8 Å². The van der Waals surface area contributed by atoms with E-state index < -0.39 is 0 Å². The Balaban J connectivity index is 1.79. The van der Waals surface area contributed by atoms with Gasteiger partial charge in [-0.15, -0.1) is 0 Å². The first kappa shape index (κ1) is 15.2. The summed E-state index contributed by atoms with van der Waals surface area (Å²) in [5.74, 6) is 1.90. The second-order valence-electron chi connectivity index (χ2n) is 5.55. The van der Waals surface area contributed by atoms with Gasteiger partial charge in [0.25, 0.3) is 0 Å². The van der Waals surface area contributed by atoms with E-state index in [9.17, 15) is 0 Å². The molecule has 3 heterocycles. The first-order valence-electron chi connectivity index (χ1n) is 7.43. The van der Waals surface area contributed by atoms with Crippen LogP contribution in [0.1, 0.15) is 35.7 Å². The highest BCUT2D eigenvalue weighted by atomic mass is 16.5.